The summed E-state index contributed by atoms with van der Waals surface area (Å²) in [6.45, 7) is -0.0564. The van der Waals surface area contributed by atoms with Crippen molar-refractivity contribution in [3.8, 4) is 11.5 Å². The number of methoxy groups -OCH3 is 1. The summed E-state index contributed by atoms with van der Waals surface area (Å²) in [6, 6.07) is 6.05. The third kappa shape index (κ3) is 3.65. The van der Waals surface area contributed by atoms with Crippen molar-refractivity contribution in [1.82, 2.24) is 0 Å². The maximum atomic E-state index is 12.7. The number of carbonyl (C=O) groups excluding carboxylic acids is 1. The van der Waals surface area contributed by atoms with Gasteiger partial charge < -0.3 is 18.9 Å². The average Bonchev–Trinajstić information content (AvgIpc) is 3.09. The molecule has 0 N–H and O–H groups in total. The average molecular weight is 470 g/mol. The van der Waals surface area contributed by atoms with Gasteiger partial charge in [0.15, 0.2) is 6.79 Å². The summed E-state index contributed by atoms with van der Waals surface area (Å²) < 4.78 is 21.8. The van der Waals surface area contributed by atoms with Crippen LogP contribution in [0.15, 0.2) is 24.3 Å². The minimum atomic E-state index is -0.677. The monoisotopic (exact) mass is 469 g/mol. The zero-order valence-electron chi connectivity index (χ0n) is 15.4. The number of hydrogen-bond acceptors (Lipinski definition) is 8. The fourth-order valence-corrected chi connectivity index (χ4v) is 4.85. The molecule has 0 unspecified atom stereocenters. The van der Waals surface area contributed by atoms with Crippen LogP contribution in [0.3, 0.4) is 0 Å². The molecule has 4 rings (SSSR count). The minimum absolute atomic E-state index is 0.00817. The molecule has 2 heterocycles. The summed E-state index contributed by atoms with van der Waals surface area (Å²) in [4.78, 5) is 23.5. The van der Waals surface area contributed by atoms with Gasteiger partial charge in [-0.15, -0.1) is 11.3 Å². The van der Waals surface area contributed by atoms with E-state index < -0.39 is 10.9 Å². The zero-order valence-corrected chi connectivity index (χ0v) is 17.7. The van der Waals surface area contributed by atoms with Gasteiger partial charge in [0.2, 0.25) is 0 Å². The first kappa shape index (κ1) is 20.7. The van der Waals surface area contributed by atoms with Gasteiger partial charge >= 0.3 is 5.97 Å². The van der Waals surface area contributed by atoms with E-state index in [-0.39, 0.29) is 35.6 Å². The molecule has 11 heteroatoms. The van der Waals surface area contributed by atoms with Gasteiger partial charge in [-0.3, -0.25) is 10.1 Å². The maximum absolute atomic E-state index is 12.7. The Kier molecular flexibility index (Phi) is 5.70. The second-order valence-electron chi connectivity index (χ2n) is 6.24. The molecule has 0 radical (unpaired) electrons. The van der Waals surface area contributed by atoms with Crippen LogP contribution in [-0.2, 0) is 22.7 Å². The third-order valence-electron chi connectivity index (χ3n) is 4.45. The number of ether oxygens (including phenoxy) is 4. The molecule has 0 aliphatic carbocycles. The van der Waals surface area contributed by atoms with E-state index in [1.807, 2.05) is 0 Å². The Morgan fingerprint density at radius 1 is 1.30 bits per heavy atom. The summed E-state index contributed by atoms with van der Waals surface area (Å²) in [5.74, 6) is 0.197. The molecule has 0 bridgehead atoms. The third-order valence-corrected chi connectivity index (χ3v) is 6.64. The maximum Gasteiger partial charge on any atom is 0.350 e. The molecule has 0 spiro atoms. The van der Waals surface area contributed by atoms with Crippen LogP contribution in [0.2, 0.25) is 10.0 Å². The first-order valence-electron chi connectivity index (χ1n) is 8.53. The van der Waals surface area contributed by atoms with Crippen molar-refractivity contribution in [3.05, 3.63) is 60.4 Å². The van der Waals surface area contributed by atoms with Crippen molar-refractivity contribution in [3.63, 3.8) is 0 Å². The highest BCUT2D eigenvalue weighted by molar-refractivity contribution is 7.22. The number of carbonyl (C=O) groups is 1. The molecule has 1 aliphatic heterocycles. The summed E-state index contributed by atoms with van der Waals surface area (Å²) in [6.07, 6.45) is 0. The number of thiophene rings is 1. The van der Waals surface area contributed by atoms with Crippen LogP contribution in [-0.4, -0.2) is 24.8 Å². The Balaban J connectivity index is 1.63. The Morgan fingerprint density at radius 3 is 2.83 bits per heavy atom. The predicted molar refractivity (Wildman–Crippen MR) is 111 cm³/mol. The number of non-ortho nitro benzene ring substituents is 1. The van der Waals surface area contributed by atoms with Crippen molar-refractivity contribution in [2.75, 3.05) is 13.9 Å². The minimum Gasteiger partial charge on any atom is -0.495 e. The van der Waals surface area contributed by atoms with Crippen LogP contribution in [0.5, 0.6) is 11.5 Å². The highest BCUT2D eigenvalue weighted by Crippen LogP contribution is 2.43. The Labute approximate surface area is 184 Å². The molecular weight excluding hydrogens is 457 g/mol. The van der Waals surface area contributed by atoms with E-state index in [9.17, 15) is 14.9 Å². The molecule has 3 aromatic rings. The lowest BCUT2D eigenvalue weighted by Gasteiger charge is -2.20. The van der Waals surface area contributed by atoms with E-state index >= 15 is 0 Å². The highest BCUT2D eigenvalue weighted by atomic mass is 35.5. The SMILES string of the molecule is COc1ccc2c(Cl)c(C(=O)OCc3cc([N+](=O)[O-])cc4c3OCOC4)sc2c1Cl. The Bertz CT molecular complexity index is 1180. The van der Waals surface area contributed by atoms with Crippen LogP contribution in [0, 0.1) is 10.1 Å². The topological polar surface area (TPSA) is 97.1 Å². The van der Waals surface area contributed by atoms with Crippen molar-refractivity contribution >= 4 is 56.3 Å². The quantitative estimate of drug-likeness (QED) is 0.282. The zero-order chi connectivity index (χ0) is 21.4. The predicted octanol–water partition coefficient (Wildman–Crippen LogP) is 5.35. The van der Waals surface area contributed by atoms with E-state index in [1.54, 1.807) is 12.1 Å². The summed E-state index contributed by atoms with van der Waals surface area (Å²) in [5.41, 5.74) is 0.737. The van der Waals surface area contributed by atoms with Crippen LogP contribution < -0.4 is 9.47 Å². The standard InChI is InChI=1S/C19H13Cl2NO7S/c1-26-13-3-2-12-14(20)18(30-17(12)15(13)21)19(23)28-7-10-5-11(22(24)25)4-9-6-27-8-29-16(9)10/h2-5H,6-8H2,1H3. The molecule has 1 aromatic heterocycles. The number of hydrogen-bond donors (Lipinski definition) is 0. The van der Waals surface area contributed by atoms with Gasteiger partial charge in [-0.1, -0.05) is 23.2 Å². The van der Waals surface area contributed by atoms with E-state index in [1.165, 1.54) is 19.2 Å². The van der Waals surface area contributed by atoms with Crippen molar-refractivity contribution in [2.45, 2.75) is 13.2 Å². The number of benzene rings is 2. The molecule has 0 saturated heterocycles. The lowest BCUT2D eigenvalue weighted by atomic mass is 10.1. The number of rotatable bonds is 5. The van der Waals surface area contributed by atoms with Crippen LogP contribution in [0.25, 0.3) is 10.1 Å². The number of nitro benzene ring substituents is 1. The van der Waals surface area contributed by atoms with E-state index in [0.717, 1.165) is 11.3 Å². The molecule has 0 fully saturated rings. The van der Waals surface area contributed by atoms with Gasteiger partial charge in [0.25, 0.3) is 5.69 Å². The molecule has 0 saturated carbocycles. The van der Waals surface area contributed by atoms with Gasteiger partial charge in [0, 0.05) is 28.6 Å². The second kappa shape index (κ2) is 8.27. The molecule has 1 aliphatic rings. The molecular formula is C19H13Cl2NO7S. The van der Waals surface area contributed by atoms with Crippen LogP contribution in [0.4, 0.5) is 5.69 Å². The number of halogens is 2. The largest absolute Gasteiger partial charge is 0.495 e. The Morgan fingerprint density at radius 2 is 2.10 bits per heavy atom. The summed E-state index contributed by atoms with van der Waals surface area (Å²) in [7, 11) is 1.49. The molecule has 0 atom stereocenters. The first-order chi connectivity index (χ1) is 14.4. The van der Waals surface area contributed by atoms with E-state index in [0.29, 0.717) is 37.7 Å². The van der Waals surface area contributed by atoms with Gasteiger partial charge in [-0.2, -0.15) is 0 Å². The highest BCUT2D eigenvalue weighted by Gasteiger charge is 2.24. The van der Waals surface area contributed by atoms with Crippen LogP contribution >= 0.6 is 34.5 Å². The van der Waals surface area contributed by atoms with Gasteiger partial charge in [0.05, 0.1) is 28.4 Å². The fraction of sp³-hybridized carbons (Fsp3) is 0.211. The lowest BCUT2D eigenvalue weighted by Crippen LogP contribution is -2.14. The summed E-state index contributed by atoms with van der Waals surface area (Å²) >= 11 is 13.8. The van der Waals surface area contributed by atoms with Crippen molar-refractivity contribution in [1.29, 1.82) is 0 Å². The van der Waals surface area contributed by atoms with Gasteiger partial charge in [0.1, 0.15) is 28.0 Å². The number of nitro groups is 1. The van der Waals surface area contributed by atoms with E-state index in [4.69, 9.17) is 42.1 Å². The molecule has 2 aromatic carbocycles. The second-order valence-corrected chi connectivity index (χ2v) is 8.02. The summed E-state index contributed by atoms with van der Waals surface area (Å²) in [5, 5.41) is 12.4. The lowest BCUT2D eigenvalue weighted by molar-refractivity contribution is -0.385. The van der Waals surface area contributed by atoms with E-state index in [2.05, 4.69) is 0 Å². The van der Waals surface area contributed by atoms with Crippen molar-refractivity contribution in [2.24, 2.45) is 0 Å². The van der Waals surface area contributed by atoms with Gasteiger partial charge in [-0.05, 0) is 12.1 Å². The molecule has 8 nitrogen and oxygen atoms in total. The van der Waals surface area contributed by atoms with Gasteiger partial charge in [-0.25, -0.2) is 4.79 Å². The number of fused-ring (bicyclic) bond motifs is 2. The van der Waals surface area contributed by atoms with Crippen LogP contribution in [0.1, 0.15) is 20.8 Å². The Hall–Kier alpha value is -2.59. The molecule has 30 heavy (non-hydrogen) atoms. The first-order valence-corrected chi connectivity index (χ1v) is 10.1. The number of esters is 1. The fourth-order valence-electron chi connectivity index (χ4n) is 3.07. The number of nitrogens with zero attached hydrogens (tertiary/aromatic N) is 1. The molecule has 156 valence electrons. The smallest absolute Gasteiger partial charge is 0.350 e. The van der Waals surface area contributed by atoms with Crippen molar-refractivity contribution < 1.29 is 28.7 Å². The molecule has 0 amide bonds. The normalized spacial score (nSPS) is 12.9.